The molecule has 4 N–H and O–H groups in total. The van der Waals surface area contributed by atoms with Crippen molar-refractivity contribution < 1.29 is 14.5 Å². The number of ether oxygens (including phenoxy) is 1. The molecule has 1 unspecified atom stereocenters. The highest BCUT2D eigenvalue weighted by Gasteiger charge is 2.60. The summed E-state index contributed by atoms with van der Waals surface area (Å²) in [5, 5.41) is 30.0. The maximum Gasteiger partial charge on any atom is 0.269 e. The van der Waals surface area contributed by atoms with E-state index in [1.165, 1.54) is 27.9 Å². The molecule has 2 aliphatic heterocycles. The molecule has 0 fully saturated rings. The molecule has 46 heavy (non-hydrogen) atoms. The Morgan fingerprint density at radius 3 is 2.43 bits per heavy atom. The average Bonchev–Trinajstić information content (AvgIpc) is 3.62. The first kappa shape index (κ1) is 26.7. The molecule has 0 saturated heterocycles. The summed E-state index contributed by atoms with van der Waals surface area (Å²) in [6.45, 7) is -0.0226. The lowest BCUT2D eigenvalue weighted by molar-refractivity contribution is -0.384. The van der Waals surface area contributed by atoms with E-state index >= 15 is 4.79 Å². The van der Waals surface area contributed by atoms with Crippen molar-refractivity contribution in [3.63, 3.8) is 0 Å². The van der Waals surface area contributed by atoms with Gasteiger partial charge in [0.15, 0.2) is 5.75 Å². The fourth-order valence-corrected chi connectivity index (χ4v) is 6.38. The number of amides is 1. The molecule has 2 aliphatic rings. The summed E-state index contributed by atoms with van der Waals surface area (Å²) in [7, 11) is 0. The average molecular weight is 609 g/mol. The number of carbonyl (C=O) groups is 1. The molecular weight excluding hydrogens is 588 g/mol. The summed E-state index contributed by atoms with van der Waals surface area (Å²) in [5.41, 5.74) is 15.4. The van der Waals surface area contributed by atoms with E-state index < -0.39 is 16.2 Å². The third-order valence-corrected chi connectivity index (χ3v) is 8.35. The van der Waals surface area contributed by atoms with Gasteiger partial charge >= 0.3 is 0 Å². The predicted molar refractivity (Wildman–Crippen MR) is 165 cm³/mol. The van der Waals surface area contributed by atoms with E-state index in [0.29, 0.717) is 44.7 Å². The van der Waals surface area contributed by atoms with Gasteiger partial charge in [-0.3, -0.25) is 14.9 Å². The van der Waals surface area contributed by atoms with E-state index in [1.807, 2.05) is 18.2 Å². The highest BCUT2D eigenvalue weighted by atomic mass is 16.6. The first-order valence-electron chi connectivity index (χ1n) is 14.0. The first-order chi connectivity index (χ1) is 22.3. The van der Waals surface area contributed by atoms with Crippen LogP contribution >= 0.6 is 0 Å². The Balaban J connectivity index is 1.36. The van der Waals surface area contributed by atoms with Crippen molar-refractivity contribution in [3.05, 3.63) is 123 Å². The van der Waals surface area contributed by atoms with Gasteiger partial charge in [-0.25, -0.2) is 14.6 Å². The van der Waals surface area contributed by atoms with Crippen molar-refractivity contribution in [3.8, 4) is 17.5 Å². The van der Waals surface area contributed by atoms with Gasteiger partial charge in [-0.15, -0.1) is 5.10 Å². The fourth-order valence-electron chi connectivity index (χ4n) is 6.38. The number of rotatable bonds is 4. The second-order valence-electron chi connectivity index (χ2n) is 10.8. The van der Waals surface area contributed by atoms with E-state index in [2.05, 4.69) is 16.4 Å². The normalized spacial score (nSPS) is 16.8. The lowest BCUT2D eigenvalue weighted by Gasteiger charge is -2.35. The molecule has 8 rings (SSSR count). The van der Waals surface area contributed by atoms with E-state index in [0.717, 1.165) is 0 Å². The SMILES string of the molecule is N#CC1=C(N)Oc2c(N)cc3nc4ccccc4nc3c2C12C(=O)N(Cc1cnnn1-c1ccc([N+](=O)[O-])cc1)c1ccccc12. The number of anilines is 2. The van der Waals surface area contributed by atoms with Gasteiger partial charge in [0.25, 0.3) is 5.69 Å². The highest BCUT2D eigenvalue weighted by Crippen LogP contribution is 2.58. The number of fused-ring (bicyclic) bond motifs is 7. The van der Waals surface area contributed by atoms with Gasteiger partial charge in [-0.1, -0.05) is 35.5 Å². The molecule has 4 heterocycles. The van der Waals surface area contributed by atoms with Crippen LogP contribution in [0.5, 0.6) is 5.75 Å². The molecule has 0 radical (unpaired) electrons. The van der Waals surface area contributed by atoms with Crippen LogP contribution in [0.4, 0.5) is 17.1 Å². The number of benzene rings is 4. The van der Waals surface area contributed by atoms with Crippen LogP contribution in [0.1, 0.15) is 16.8 Å². The molecule has 14 heteroatoms. The van der Waals surface area contributed by atoms with Crippen LogP contribution in [0, 0.1) is 21.4 Å². The maximum absolute atomic E-state index is 15.1. The highest BCUT2D eigenvalue weighted by molar-refractivity contribution is 6.16. The minimum atomic E-state index is -1.78. The van der Waals surface area contributed by atoms with Crippen LogP contribution in [0.2, 0.25) is 0 Å². The number of nitriles is 1. The number of hydrogen-bond donors (Lipinski definition) is 2. The minimum Gasteiger partial charge on any atom is -0.438 e. The molecule has 1 amide bonds. The lowest BCUT2D eigenvalue weighted by Crippen LogP contribution is -2.46. The van der Waals surface area contributed by atoms with Crippen LogP contribution in [0.15, 0.2) is 96.5 Å². The molecule has 4 aromatic carbocycles. The molecule has 0 bridgehead atoms. The van der Waals surface area contributed by atoms with E-state index in [1.54, 1.807) is 48.5 Å². The summed E-state index contributed by atoms with van der Waals surface area (Å²) in [5.74, 6) is -0.621. The molecule has 1 spiro atoms. The minimum absolute atomic E-state index is 0.0226. The van der Waals surface area contributed by atoms with Crippen molar-refractivity contribution in [1.82, 2.24) is 25.0 Å². The first-order valence-corrected chi connectivity index (χ1v) is 14.0. The van der Waals surface area contributed by atoms with Crippen molar-refractivity contribution >= 4 is 45.0 Å². The maximum atomic E-state index is 15.1. The van der Waals surface area contributed by atoms with Gasteiger partial charge < -0.3 is 21.1 Å². The zero-order valence-corrected chi connectivity index (χ0v) is 23.7. The number of nitro benzene ring substituents is 1. The summed E-state index contributed by atoms with van der Waals surface area (Å²) in [6.07, 6.45) is 1.50. The topological polar surface area (TPSA) is 205 Å². The molecule has 222 valence electrons. The molecule has 2 aromatic heterocycles. The third-order valence-electron chi connectivity index (χ3n) is 8.35. The number of nitrogens with two attached hydrogens (primary N) is 2. The van der Waals surface area contributed by atoms with Crippen LogP contribution in [-0.2, 0) is 16.8 Å². The van der Waals surface area contributed by atoms with Gasteiger partial charge in [0.2, 0.25) is 11.8 Å². The second-order valence-corrected chi connectivity index (χ2v) is 10.8. The van der Waals surface area contributed by atoms with Crippen LogP contribution in [0.3, 0.4) is 0 Å². The van der Waals surface area contributed by atoms with E-state index in [-0.39, 0.29) is 40.7 Å². The molecule has 0 saturated carbocycles. The smallest absolute Gasteiger partial charge is 0.269 e. The van der Waals surface area contributed by atoms with Crippen LogP contribution in [-0.4, -0.2) is 35.8 Å². The van der Waals surface area contributed by atoms with E-state index in [9.17, 15) is 15.4 Å². The number of nitro groups is 1. The third kappa shape index (κ3) is 3.53. The van der Waals surface area contributed by atoms with Crippen LogP contribution < -0.4 is 21.1 Å². The molecule has 1 atom stereocenters. The number of nitrogens with zero attached hydrogens (tertiary/aromatic N) is 8. The zero-order chi connectivity index (χ0) is 31.7. The number of non-ortho nitro benzene ring substituents is 1. The second kappa shape index (κ2) is 9.56. The molecule has 6 aromatic rings. The Morgan fingerprint density at radius 1 is 0.978 bits per heavy atom. The van der Waals surface area contributed by atoms with E-state index in [4.69, 9.17) is 26.2 Å². The molecular formula is C32H20N10O4. The summed E-state index contributed by atoms with van der Waals surface area (Å²) >= 11 is 0. The van der Waals surface area contributed by atoms with Crippen molar-refractivity contribution in [1.29, 1.82) is 5.26 Å². The number of hydrogen-bond acceptors (Lipinski definition) is 11. The standard InChI is InChI=1S/C32H20N10O4/c33-14-21-30(35)46-29-22(34)13-25-28(38-24-7-3-2-6-23(24)37-25)27(29)32(21)20-5-1-4-8-26(20)40(31(32)43)16-19-15-36-39-41(19)17-9-11-18(12-10-17)42(44)45/h1-13,15H,16,34-35H2. The number of nitrogen functional groups attached to an aromatic ring is 1. The van der Waals surface area contributed by atoms with Gasteiger partial charge in [-0.2, -0.15) is 5.26 Å². The quantitative estimate of drug-likeness (QED) is 0.127. The number of carbonyl (C=O) groups excluding carboxylic acids is 1. The number of aromatic nitrogens is 5. The Kier molecular flexibility index (Phi) is 5.55. The van der Waals surface area contributed by atoms with Gasteiger partial charge in [0.05, 0.1) is 62.4 Å². The van der Waals surface area contributed by atoms with Crippen molar-refractivity contribution in [2.75, 3.05) is 10.6 Å². The van der Waals surface area contributed by atoms with Gasteiger partial charge in [0, 0.05) is 23.4 Å². The van der Waals surface area contributed by atoms with Gasteiger partial charge in [-0.05, 0) is 36.4 Å². The van der Waals surface area contributed by atoms with Crippen LogP contribution in [0.25, 0.3) is 27.8 Å². The predicted octanol–water partition coefficient (Wildman–Crippen LogP) is 3.77. The summed E-state index contributed by atoms with van der Waals surface area (Å²) < 4.78 is 7.47. The Hall–Kier alpha value is -6.88. The molecule has 14 nitrogen and oxygen atoms in total. The molecule has 0 aliphatic carbocycles. The number of para-hydroxylation sites is 3. The largest absolute Gasteiger partial charge is 0.438 e. The zero-order valence-electron chi connectivity index (χ0n) is 23.7. The fraction of sp³-hybridized carbons (Fsp3) is 0.0625. The van der Waals surface area contributed by atoms with Crippen molar-refractivity contribution in [2.45, 2.75) is 12.0 Å². The summed E-state index contributed by atoms with van der Waals surface area (Å²) in [6, 6.07) is 24.0. The van der Waals surface area contributed by atoms with Crippen molar-refractivity contribution in [2.24, 2.45) is 5.73 Å². The summed E-state index contributed by atoms with van der Waals surface area (Å²) in [4.78, 5) is 37.1. The lowest BCUT2D eigenvalue weighted by atomic mass is 9.68. The van der Waals surface area contributed by atoms with Gasteiger partial charge in [0.1, 0.15) is 17.1 Å². The Labute approximate surface area is 258 Å². The Morgan fingerprint density at radius 2 is 1.70 bits per heavy atom. The Bertz CT molecular complexity index is 2380. The monoisotopic (exact) mass is 608 g/mol.